The second-order valence-electron chi connectivity index (χ2n) is 7.14. The van der Waals surface area contributed by atoms with Crippen molar-refractivity contribution in [3.05, 3.63) is 88.7 Å². The first kappa shape index (κ1) is 21.8. The predicted octanol–water partition coefficient (Wildman–Crippen LogP) is 3.31. The quantitative estimate of drug-likeness (QED) is 0.575. The summed E-state index contributed by atoms with van der Waals surface area (Å²) in [6.07, 6.45) is 0. The third-order valence-corrected chi connectivity index (χ3v) is 4.95. The van der Waals surface area contributed by atoms with Crippen LogP contribution < -0.4 is 10.6 Å². The van der Waals surface area contributed by atoms with Crippen LogP contribution in [0.2, 0.25) is 0 Å². The minimum atomic E-state index is -0.554. The van der Waals surface area contributed by atoms with Crippen LogP contribution in [-0.4, -0.2) is 36.0 Å². The lowest BCUT2D eigenvalue weighted by Gasteiger charge is -2.10. The van der Waals surface area contributed by atoms with E-state index >= 15 is 0 Å². The Morgan fingerprint density at radius 2 is 1.71 bits per heavy atom. The Bertz CT molecular complexity index is 1100. The van der Waals surface area contributed by atoms with Gasteiger partial charge in [0.2, 0.25) is 0 Å². The number of anilines is 1. The molecule has 160 valence electrons. The molecule has 1 aromatic heterocycles. The number of hydrogen-bond acceptors (Lipinski definition) is 4. The summed E-state index contributed by atoms with van der Waals surface area (Å²) in [5.41, 5.74) is 4.14. The number of benzene rings is 2. The van der Waals surface area contributed by atoms with Crippen molar-refractivity contribution in [3.8, 4) is 0 Å². The second-order valence-corrected chi connectivity index (χ2v) is 7.14. The summed E-state index contributed by atoms with van der Waals surface area (Å²) in [5, 5.41) is 5.15. The van der Waals surface area contributed by atoms with Gasteiger partial charge in [-0.25, -0.2) is 4.79 Å². The molecule has 0 spiro atoms. The molecule has 2 N–H and O–H groups in total. The molecule has 0 radical (unpaired) electrons. The van der Waals surface area contributed by atoms with Crippen LogP contribution in [0, 0.1) is 13.8 Å². The van der Waals surface area contributed by atoms with Crippen molar-refractivity contribution < 1.29 is 19.1 Å². The molecule has 2 amide bonds. The van der Waals surface area contributed by atoms with Crippen LogP contribution in [0.3, 0.4) is 0 Å². The summed E-state index contributed by atoms with van der Waals surface area (Å²) in [6, 6.07) is 18.2. The van der Waals surface area contributed by atoms with Gasteiger partial charge in [0, 0.05) is 36.2 Å². The third-order valence-electron chi connectivity index (χ3n) is 4.95. The molecule has 0 aliphatic rings. The molecular weight excluding hydrogens is 394 g/mol. The van der Waals surface area contributed by atoms with Crippen LogP contribution in [0.25, 0.3) is 0 Å². The fourth-order valence-corrected chi connectivity index (χ4v) is 3.31. The van der Waals surface area contributed by atoms with Gasteiger partial charge in [0.1, 0.15) is 0 Å². The highest BCUT2D eigenvalue weighted by Gasteiger charge is 2.18. The number of carbonyl (C=O) groups excluding carboxylic acids is 3. The molecule has 3 aromatic rings. The number of amides is 2. The fourth-order valence-electron chi connectivity index (χ4n) is 3.31. The Morgan fingerprint density at radius 3 is 2.42 bits per heavy atom. The van der Waals surface area contributed by atoms with E-state index in [9.17, 15) is 14.4 Å². The largest absolute Gasteiger partial charge is 0.452 e. The monoisotopic (exact) mass is 419 g/mol. The van der Waals surface area contributed by atoms with Crippen LogP contribution in [0.4, 0.5) is 5.69 Å². The maximum atomic E-state index is 12.6. The van der Waals surface area contributed by atoms with Crippen LogP contribution in [0.1, 0.15) is 37.7 Å². The third kappa shape index (κ3) is 5.39. The highest BCUT2D eigenvalue weighted by Crippen LogP contribution is 2.18. The van der Waals surface area contributed by atoms with Crippen molar-refractivity contribution in [2.45, 2.75) is 20.4 Å². The van der Waals surface area contributed by atoms with Gasteiger partial charge in [-0.3, -0.25) is 9.59 Å². The summed E-state index contributed by atoms with van der Waals surface area (Å²) in [6.45, 7) is 4.01. The zero-order valence-corrected chi connectivity index (χ0v) is 17.8. The molecule has 0 unspecified atom stereocenters. The van der Waals surface area contributed by atoms with E-state index in [1.165, 1.54) is 7.05 Å². The molecule has 0 fully saturated rings. The van der Waals surface area contributed by atoms with E-state index in [1.807, 2.05) is 48.7 Å². The lowest BCUT2D eigenvalue weighted by Crippen LogP contribution is -2.22. The van der Waals surface area contributed by atoms with Crippen LogP contribution in [0.15, 0.2) is 60.7 Å². The van der Waals surface area contributed by atoms with Crippen LogP contribution in [0.5, 0.6) is 0 Å². The van der Waals surface area contributed by atoms with Gasteiger partial charge in [-0.1, -0.05) is 36.4 Å². The summed E-state index contributed by atoms with van der Waals surface area (Å²) in [4.78, 5) is 36.5. The molecule has 7 nitrogen and oxygen atoms in total. The molecular formula is C24H25N3O4. The Morgan fingerprint density at radius 1 is 0.968 bits per heavy atom. The molecule has 0 aliphatic carbocycles. The van der Waals surface area contributed by atoms with Gasteiger partial charge in [-0.05, 0) is 43.7 Å². The Balaban J connectivity index is 1.61. The van der Waals surface area contributed by atoms with Gasteiger partial charge < -0.3 is 19.9 Å². The molecule has 3 rings (SSSR count). The highest BCUT2D eigenvalue weighted by molar-refractivity contribution is 5.98. The average Bonchev–Trinajstić information content (AvgIpc) is 3.06. The fraction of sp³-hybridized carbons (Fsp3) is 0.208. The molecule has 2 aromatic carbocycles. The number of hydrogen-bond donors (Lipinski definition) is 2. The first-order chi connectivity index (χ1) is 14.9. The lowest BCUT2D eigenvalue weighted by atomic mass is 10.2. The van der Waals surface area contributed by atoms with Gasteiger partial charge in [0.25, 0.3) is 11.8 Å². The molecule has 0 bridgehead atoms. The number of esters is 1. The summed E-state index contributed by atoms with van der Waals surface area (Å²) < 4.78 is 7.25. The molecule has 0 saturated heterocycles. The second kappa shape index (κ2) is 9.75. The normalized spacial score (nSPS) is 10.4. The zero-order valence-electron chi connectivity index (χ0n) is 17.8. The maximum Gasteiger partial charge on any atom is 0.340 e. The van der Waals surface area contributed by atoms with Crippen molar-refractivity contribution in [3.63, 3.8) is 0 Å². The van der Waals surface area contributed by atoms with Gasteiger partial charge >= 0.3 is 5.97 Å². The minimum absolute atomic E-state index is 0.256. The van der Waals surface area contributed by atoms with Gasteiger partial charge in [-0.15, -0.1) is 0 Å². The highest BCUT2D eigenvalue weighted by atomic mass is 16.5. The number of carbonyl (C=O) groups is 3. The molecule has 0 aliphatic heterocycles. The minimum Gasteiger partial charge on any atom is -0.452 e. The standard InChI is InChI=1S/C24H25N3O4/c1-16-12-21(17(2)27(16)14-18-8-5-4-6-9-18)24(30)31-15-22(28)26-20-11-7-10-19(13-20)23(29)25-3/h4-13H,14-15H2,1-3H3,(H,25,29)(H,26,28). The number of nitrogens with zero attached hydrogens (tertiary/aromatic N) is 1. The number of rotatable bonds is 7. The lowest BCUT2D eigenvalue weighted by molar-refractivity contribution is -0.119. The van der Waals surface area contributed by atoms with E-state index in [1.54, 1.807) is 30.3 Å². The summed E-state index contributed by atoms with van der Waals surface area (Å²) in [5.74, 6) is -1.30. The van der Waals surface area contributed by atoms with Crippen molar-refractivity contribution in [2.24, 2.45) is 0 Å². The van der Waals surface area contributed by atoms with E-state index in [0.717, 1.165) is 17.0 Å². The average molecular weight is 419 g/mol. The first-order valence-corrected chi connectivity index (χ1v) is 9.89. The molecule has 7 heteroatoms. The SMILES string of the molecule is CNC(=O)c1cccc(NC(=O)COC(=O)c2cc(C)n(Cc3ccccc3)c2C)c1. The number of ether oxygens (including phenoxy) is 1. The topological polar surface area (TPSA) is 89.4 Å². The zero-order chi connectivity index (χ0) is 22.4. The van der Waals surface area contributed by atoms with Gasteiger partial charge in [0.15, 0.2) is 6.61 Å². The maximum absolute atomic E-state index is 12.6. The number of aryl methyl sites for hydroxylation is 1. The van der Waals surface area contributed by atoms with Crippen molar-refractivity contribution in [1.29, 1.82) is 0 Å². The smallest absolute Gasteiger partial charge is 0.340 e. The van der Waals surface area contributed by atoms with Crippen LogP contribution in [-0.2, 0) is 16.1 Å². The first-order valence-electron chi connectivity index (χ1n) is 9.89. The van der Waals surface area contributed by atoms with Crippen molar-refractivity contribution in [2.75, 3.05) is 19.0 Å². The number of nitrogens with one attached hydrogen (secondary N) is 2. The molecule has 31 heavy (non-hydrogen) atoms. The van der Waals surface area contributed by atoms with E-state index in [-0.39, 0.29) is 5.91 Å². The Labute approximate surface area is 181 Å². The Kier molecular flexibility index (Phi) is 6.87. The Hall–Kier alpha value is -3.87. The number of aromatic nitrogens is 1. The molecule has 1 heterocycles. The van der Waals surface area contributed by atoms with Crippen LogP contribution >= 0.6 is 0 Å². The van der Waals surface area contributed by atoms with Gasteiger partial charge in [0.05, 0.1) is 5.56 Å². The van der Waals surface area contributed by atoms with Crippen molar-refractivity contribution in [1.82, 2.24) is 9.88 Å². The van der Waals surface area contributed by atoms with E-state index in [0.29, 0.717) is 23.4 Å². The van der Waals surface area contributed by atoms with E-state index in [2.05, 4.69) is 10.6 Å². The van der Waals surface area contributed by atoms with E-state index < -0.39 is 18.5 Å². The van der Waals surface area contributed by atoms with Crippen molar-refractivity contribution >= 4 is 23.5 Å². The van der Waals surface area contributed by atoms with E-state index in [4.69, 9.17) is 4.74 Å². The molecule has 0 saturated carbocycles. The predicted molar refractivity (Wildman–Crippen MR) is 118 cm³/mol. The molecule has 0 atom stereocenters. The van der Waals surface area contributed by atoms with Gasteiger partial charge in [-0.2, -0.15) is 0 Å². The summed E-state index contributed by atoms with van der Waals surface area (Å²) >= 11 is 0. The summed E-state index contributed by atoms with van der Waals surface area (Å²) in [7, 11) is 1.53.